The van der Waals surface area contributed by atoms with Gasteiger partial charge < -0.3 is 23.9 Å². The lowest BCUT2D eigenvalue weighted by atomic mass is 9.92. The smallest absolute Gasteiger partial charge is 0.293 e. The second-order valence-corrected chi connectivity index (χ2v) is 18.8. The molecule has 0 aromatic carbocycles. The lowest BCUT2D eigenvalue weighted by Gasteiger charge is -2.21. The highest BCUT2D eigenvalue weighted by Gasteiger charge is 2.11. The van der Waals surface area contributed by atoms with Crippen molar-refractivity contribution in [3.63, 3.8) is 0 Å². The molecule has 0 amide bonds. The highest BCUT2D eigenvalue weighted by molar-refractivity contribution is 5.48. The van der Waals surface area contributed by atoms with Gasteiger partial charge >= 0.3 is 0 Å². The van der Waals surface area contributed by atoms with E-state index in [9.17, 15) is 9.59 Å². The summed E-state index contributed by atoms with van der Waals surface area (Å²) in [6.45, 7) is 20.1. The first-order valence-corrected chi connectivity index (χ1v) is 27.1. The van der Waals surface area contributed by atoms with Crippen LogP contribution in [-0.2, 0) is 23.8 Å². The molecule has 0 saturated heterocycles. The topological polar surface area (TPSA) is 65.1 Å². The fourth-order valence-electron chi connectivity index (χ4n) is 8.08. The number of methoxy groups -OCH3 is 1. The first-order chi connectivity index (χ1) is 29.8. The standard InChI is InChI=1S/C27H55NO2.C14H28O2.C14H30O/c1-5-6-7-8-10-13-16-21-27(22-17-14-11-9-12-15-19-24-29)30-25-20-18-23-28(4)26(2)3;1-3-5-7-9-14(10-8-6-4-2)11-12-16-13-15;1-4-6-8-10-14(12-13-15-3)11-9-7-5-2/h24,26-27H,5-23,25H2,1-4H3;13-14H,3-12H2,1-2H3;14H,4-13H2,1-3H3. The maximum absolute atomic E-state index is 10.4. The molecule has 0 fully saturated rings. The first-order valence-electron chi connectivity index (χ1n) is 27.1. The molecule has 0 heterocycles. The van der Waals surface area contributed by atoms with Crippen LogP contribution in [0, 0.1) is 11.8 Å². The maximum atomic E-state index is 10.4. The van der Waals surface area contributed by atoms with E-state index in [4.69, 9.17) is 14.2 Å². The van der Waals surface area contributed by atoms with Crippen molar-refractivity contribution >= 4 is 12.8 Å². The number of aldehydes is 1. The van der Waals surface area contributed by atoms with Crippen LogP contribution in [0.5, 0.6) is 0 Å². The predicted molar refractivity (Wildman–Crippen MR) is 269 cm³/mol. The monoisotopic (exact) mass is 868 g/mol. The molecule has 1 unspecified atom stereocenters. The molecule has 6 heteroatoms. The number of rotatable bonds is 47. The van der Waals surface area contributed by atoms with E-state index in [1.807, 2.05) is 7.11 Å². The summed E-state index contributed by atoms with van der Waals surface area (Å²) in [6, 6.07) is 0.634. The Kier molecular flexibility index (Phi) is 60.1. The zero-order valence-corrected chi connectivity index (χ0v) is 43.2. The molecule has 0 aliphatic heterocycles. The molecule has 6 nitrogen and oxygen atoms in total. The van der Waals surface area contributed by atoms with Gasteiger partial charge in [-0.1, -0.05) is 214 Å². The fraction of sp³-hybridized carbons (Fsp3) is 0.964. The molecule has 0 aromatic heterocycles. The Labute approximate surface area is 384 Å². The van der Waals surface area contributed by atoms with Crippen molar-refractivity contribution in [1.29, 1.82) is 0 Å². The first kappa shape index (κ1) is 64.3. The van der Waals surface area contributed by atoms with Crippen molar-refractivity contribution in [3.8, 4) is 0 Å². The van der Waals surface area contributed by atoms with E-state index in [0.29, 0.717) is 25.2 Å². The number of carbonyl (C=O) groups excluding carboxylic acids is 2. The van der Waals surface area contributed by atoms with Crippen LogP contribution in [0.3, 0.4) is 0 Å². The van der Waals surface area contributed by atoms with Gasteiger partial charge in [-0.3, -0.25) is 4.79 Å². The van der Waals surface area contributed by atoms with Gasteiger partial charge in [0.05, 0.1) is 12.7 Å². The number of hydrogen-bond donors (Lipinski definition) is 0. The lowest BCUT2D eigenvalue weighted by Crippen LogP contribution is -2.27. The summed E-state index contributed by atoms with van der Waals surface area (Å²) in [6.07, 6.45) is 48.2. The van der Waals surface area contributed by atoms with Gasteiger partial charge in [0.15, 0.2) is 0 Å². The third-order valence-electron chi connectivity index (χ3n) is 12.7. The van der Waals surface area contributed by atoms with E-state index < -0.39 is 0 Å². The molecule has 0 aliphatic rings. The van der Waals surface area contributed by atoms with E-state index in [2.05, 4.69) is 60.4 Å². The molecular formula is C55H113NO5. The summed E-state index contributed by atoms with van der Waals surface area (Å²) in [4.78, 5) is 22.9. The van der Waals surface area contributed by atoms with Crippen molar-refractivity contribution in [3.05, 3.63) is 0 Å². The highest BCUT2D eigenvalue weighted by Crippen LogP contribution is 2.22. The normalized spacial score (nSPS) is 11.8. The quantitative estimate of drug-likeness (QED) is 0.0448. The third-order valence-corrected chi connectivity index (χ3v) is 12.7. The van der Waals surface area contributed by atoms with Gasteiger partial charge in [-0.05, 0) is 84.2 Å². The number of carbonyl (C=O) groups is 2. The minimum atomic E-state index is 0.471. The van der Waals surface area contributed by atoms with Crippen molar-refractivity contribution in [1.82, 2.24) is 4.90 Å². The highest BCUT2D eigenvalue weighted by atomic mass is 16.5. The minimum absolute atomic E-state index is 0.471. The molecular weight excluding hydrogens is 755 g/mol. The van der Waals surface area contributed by atoms with Gasteiger partial charge in [-0.2, -0.15) is 0 Å². The minimum Gasteiger partial charge on any atom is -0.468 e. The summed E-state index contributed by atoms with van der Waals surface area (Å²) in [5.41, 5.74) is 0. The van der Waals surface area contributed by atoms with Crippen LogP contribution in [0.2, 0.25) is 0 Å². The summed E-state index contributed by atoms with van der Waals surface area (Å²) in [5.74, 6) is 1.68. The van der Waals surface area contributed by atoms with Crippen LogP contribution < -0.4 is 0 Å². The molecule has 0 aliphatic carbocycles. The molecule has 368 valence electrons. The van der Waals surface area contributed by atoms with Gasteiger partial charge in [0.1, 0.15) is 6.29 Å². The van der Waals surface area contributed by atoms with Gasteiger partial charge in [0.2, 0.25) is 0 Å². The summed E-state index contributed by atoms with van der Waals surface area (Å²) in [7, 11) is 4.03. The number of unbranched alkanes of at least 4 members (excludes halogenated alkanes) is 21. The molecule has 61 heavy (non-hydrogen) atoms. The fourth-order valence-corrected chi connectivity index (χ4v) is 8.08. The summed E-state index contributed by atoms with van der Waals surface area (Å²) in [5, 5.41) is 0. The van der Waals surface area contributed by atoms with Crippen LogP contribution in [0.1, 0.15) is 280 Å². The van der Waals surface area contributed by atoms with Crippen molar-refractivity contribution in [2.24, 2.45) is 11.8 Å². The number of ether oxygens (including phenoxy) is 3. The van der Waals surface area contributed by atoms with Crippen LogP contribution in [0.15, 0.2) is 0 Å². The lowest BCUT2D eigenvalue weighted by molar-refractivity contribution is -0.129. The van der Waals surface area contributed by atoms with Gasteiger partial charge in [-0.25, -0.2) is 0 Å². The van der Waals surface area contributed by atoms with Crippen LogP contribution in [-0.4, -0.2) is 70.3 Å². The Hall–Kier alpha value is -0.980. The Balaban J connectivity index is -0.000000912. The van der Waals surface area contributed by atoms with Crippen LogP contribution in [0.4, 0.5) is 0 Å². The number of hydrogen-bond acceptors (Lipinski definition) is 6. The van der Waals surface area contributed by atoms with E-state index in [-0.39, 0.29) is 0 Å². The van der Waals surface area contributed by atoms with Gasteiger partial charge in [0.25, 0.3) is 6.47 Å². The van der Waals surface area contributed by atoms with Crippen molar-refractivity contribution in [2.75, 3.05) is 40.5 Å². The van der Waals surface area contributed by atoms with E-state index >= 15 is 0 Å². The molecule has 0 radical (unpaired) electrons. The Morgan fingerprint density at radius 3 is 1.25 bits per heavy atom. The Bertz CT molecular complexity index is 774. The number of nitrogens with zero attached hydrogens (tertiary/aromatic N) is 1. The second-order valence-electron chi connectivity index (χ2n) is 18.8. The Morgan fingerprint density at radius 2 is 0.836 bits per heavy atom. The molecule has 0 aromatic rings. The zero-order valence-electron chi connectivity index (χ0n) is 43.2. The summed E-state index contributed by atoms with van der Waals surface area (Å²) >= 11 is 0. The molecule has 0 spiro atoms. The van der Waals surface area contributed by atoms with Gasteiger partial charge in [-0.15, -0.1) is 0 Å². The van der Waals surface area contributed by atoms with Crippen LogP contribution in [0.25, 0.3) is 0 Å². The van der Waals surface area contributed by atoms with E-state index in [1.165, 1.54) is 218 Å². The molecule has 0 bridgehead atoms. The molecule has 0 N–H and O–H groups in total. The molecule has 1 atom stereocenters. The molecule has 0 saturated carbocycles. The predicted octanol–water partition coefficient (Wildman–Crippen LogP) is 17.1. The van der Waals surface area contributed by atoms with Crippen LogP contribution >= 0.6 is 0 Å². The average molecular weight is 869 g/mol. The second kappa shape index (κ2) is 57.0. The van der Waals surface area contributed by atoms with Crippen molar-refractivity contribution in [2.45, 2.75) is 292 Å². The third kappa shape index (κ3) is 55.1. The molecule has 0 rings (SSSR count). The summed E-state index contributed by atoms with van der Waals surface area (Å²) < 4.78 is 16.3. The average Bonchev–Trinajstić information content (AvgIpc) is 3.26. The van der Waals surface area contributed by atoms with Gasteiger partial charge in [0, 0.05) is 32.8 Å². The Morgan fingerprint density at radius 1 is 0.443 bits per heavy atom. The van der Waals surface area contributed by atoms with Crippen molar-refractivity contribution < 1.29 is 23.8 Å². The largest absolute Gasteiger partial charge is 0.468 e. The zero-order chi connectivity index (χ0) is 45.7. The maximum Gasteiger partial charge on any atom is 0.293 e. The van der Waals surface area contributed by atoms with E-state index in [1.54, 1.807) is 0 Å². The SMILES string of the molecule is CCCCCC(CCCCC)CCOC.CCCCCC(CCCCC)CCOC=O.CCCCCCCCCC(CCCCCCCCC=O)OCCCCN(C)C(C)C. The van der Waals surface area contributed by atoms with E-state index in [0.717, 1.165) is 50.6 Å².